The number of anilines is 1. The number of hydrogen-bond donors (Lipinski definition) is 3. The van der Waals surface area contributed by atoms with Gasteiger partial charge in [0.2, 0.25) is 10.0 Å². The van der Waals surface area contributed by atoms with E-state index >= 15 is 0 Å². The Morgan fingerprint density at radius 2 is 1.77 bits per heavy atom. The van der Waals surface area contributed by atoms with E-state index in [0.717, 1.165) is 17.7 Å². The molecule has 4 N–H and O–H groups in total. The number of phenolic OH excluding ortho intramolecular Hbond substituents is 1. The predicted molar refractivity (Wildman–Crippen MR) is 105 cm³/mol. The second kappa shape index (κ2) is 7.35. The molecule has 0 aliphatic carbocycles. The molecule has 11 heteroatoms. The highest BCUT2D eigenvalue weighted by atomic mass is 32.2. The lowest BCUT2D eigenvalue weighted by Gasteiger charge is -2.09. The number of fused-ring (bicyclic) bond motifs is 1. The molecule has 0 aliphatic rings. The number of aromatic nitrogens is 3. The number of nitrogens with zero attached hydrogens (tertiary/aromatic N) is 3. The van der Waals surface area contributed by atoms with Crippen LogP contribution in [0.15, 0.2) is 59.9 Å². The summed E-state index contributed by atoms with van der Waals surface area (Å²) in [5.41, 5.74) is 0.924. The van der Waals surface area contributed by atoms with Gasteiger partial charge in [-0.1, -0.05) is 12.1 Å². The third kappa shape index (κ3) is 3.67. The number of aromatic hydroxyl groups is 1. The Hall–Kier alpha value is -3.57. The van der Waals surface area contributed by atoms with Crippen LogP contribution in [0.4, 0.5) is 14.6 Å². The highest BCUT2D eigenvalue weighted by molar-refractivity contribution is 7.89. The van der Waals surface area contributed by atoms with Crippen molar-refractivity contribution in [2.45, 2.75) is 11.4 Å². The largest absolute Gasteiger partial charge is 0.508 e. The van der Waals surface area contributed by atoms with Crippen molar-refractivity contribution in [1.82, 2.24) is 14.4 Å². The Balaban J connectivity index is 1.64. The first-order chi connectivity index (χ1) is 14.2. The van der Waals surface area contributed by atoms with Crippen LogP contribution in [0.1, 0.15) is 5.56 Å². The standard InChI is InChI=1S/C19H15F2N5O3S/c20-14-7-12(27)8-15(21)17(14)16-10-25-19-18(23-5-6-26(16)19)24-9-11-1-3-13(4-2-11)30(22,28)29/h1-8,10,27H,9H2,(H,23,24)(H2,22,28,29). The van der Waals surface area contributed by atoms with Gasteiger partial charge in [-0.3, -0.25) is 4.40 Å². The van der Waals surface area contributed by atoms with Crippen molar-refractivity contribution in [2.24, 2.45) is 5.14 Å². The number of rotatable bonds is 5. The summed E-state index contributed by atoms with van der Waals surface area (Å²) in [4.78, 5) is 8.41. The van der Waals surface area contributed by atoms with Gasteiger partial charge in [0, 0.05) is 31.1 Å². The van der Waals surface area contributed by atoms with Crippen LogP contribution in [0.3, 0.4) is 0 Å². The number of nitrogens with two attached hydrogens (primary N) is 1. The number of primary sulfonamides is 1. The fourth-order valence-corrected chi connectivity index (χ4v) is 3.53. The van der Waals surface area contributed by atoms with Gasteiger partial charge in [-0.2, -0.15) is 0 Å². The number of sulfonamides is 1. The molecular formula is C19H15F2N5O3S. The smallest absolute Gasteiger partial charge is 0.238 e. The topological polar surface area (TPSA) is 123 Å². The first kappa shape index (κ1) is 19.7. The van der Waals surface area contributed by atoms with E-state index in [1.54, 1.807) is 12.1 Å². The predicted octanol–water partition coefficient (Wildman–Crippen LogP) is 2.64. The van der Waals surface area contributed by atoms with Gasteiger partial charge in [0.15, 0.2) is 11.5 Å². The van der Waals surface area contributed by atoms with Crippen molar-refractivity contribution in [3.05, 3.63) is 72.2 Å². The van der Waals surface area contributed by atoms with Gasteiger partial charge in [-0.05, 0) is 17.7 Å². The van der Waals surface area contributed by atoms with Crippen LogP contribution in [0.2, 0.25) is 0 Å². The maximum atomic E-state index is 14.3. The van der Waals surface area contributed by atoms with Crippen molar-refractivity contribution in [2.75, 3.05) is 5.32 Å². The summed E-state index contributed by atoms with van der Waals surface area (Å²) in [5, 5.41) is 17.5. The zero-order valence-electron chi connectivity index (χ0n) is 15.3. The minimum absolute atomic E-state index is 0.00215. The molecule has 154 valence electrons. The van der Waals surface area contributed by atoms with Crippen molar-refractivity contribution in [3.63, 3.8) is 0 Å². The minimum atomic E-state index is -3.77. The lowest BCUT2D eigenvalue weighted by Crippen LogP contribution is -2.12. The van der Waals surface area contributed by atoms with Gasteiger partial charge in [-0.15, -0.1) is 0 Å². The molecule has 0 amide bonds. The lowest BCUT2D eigenvalue weighted by molar-refractivity contribution is 0.461. The van der Waals surface area contributed by atoms with E-state index in [2.05, 4.69) is 15.3 Å². The van der Waals surface area contributed by atoms with Crippen molar-refractivity contribution in [3.8, 4) is 17.0 Å². The molecule has 0 radical (unpaired) electrons. The van der Waals surface area contributed by atoms with Gasteiger partial charge in [0.05, 0.1) is 22.3 Å². The molecule has 0 aliphatic heterocycles. The third-order valence-electron chi connectivity index (χ3n) is 4.42. The molecule has 30 heavy (non-hydrogen) atoms. The summed E-state index contributed by atoms with van der Waals surface area (Å²) < 4.78 is 52.7. The number of phenols is 1. The van der Waals surface area contributed by atoms with Crippen molar-refractivity contribution < 1.29 is 22.3 Å². The normalized spacial score (nSPS) is 11.7. The van der Waals surface area contributed by atoms with E-state index in [9.17, 15) is 22.3 Å². The molecule has 0 atom stereocenters. The van der Waals surface area contributed by atoms with Crippen molar-refractivity contribution in [1.29, 1.82) is 0 Å². The summed E-state index contributed by atoms with van der Waals surface area (Å²) in [6.45, 7) is 0.293. The summed E-state index contributed by atoms with van der Waals surface area (Å²) in [6.07, 6.45) is 4.26. The van der Waals surface area contributed by atoms with Crippen LogP contribution in [0.5, 0.6) is 5.75 Å². The molecule has 2 heterocycles. The van der Waals surface area contributed by atoms with Crippen LogP contribution in [0.25, 0.3) is 16.9 Å². The Morgan fingerprint density at radius 1 is 1.10 bits per heavy atom. The van der Waals surface area contributed by atoms with Gasteiger partial charge in [0.1, 0.15) is 17.4 Å². The average Bonchev–Trinajstić information content (AvgIpc) is 3.10. The fraction of sp³-hybridized carbons (Fsp3) is 0.0526. The minimum Gasteiger partial charge on any atom is -0.508 e. The molecule has 0 saturated carbocycles. The summed E-state index contributed by atoms with van der Waals surface area (Å²) in [7, 11) is -3.77. The van der Waals surface area contributed by atoms with Gasteiger partial charge >= 0.3 is 0 Å². The monoisotopic (exact) mass is 431 g/mol. The van der Waals surface area contributed by atoms with Crippen LogP contribution in [0, 0.1) is 11.6 Å². The Morgan fingerprint density at radius 3 is 2.40 bits per heavy atom. The van der Waals surface area contributed by atoms with Crippen LogP contribution in [-0.2, 0) is 16.6 Å². The quantitative estimate of drug-likeness (QED) is 0.447. The average molecular weight is 431 g/mol. The Bertz CT molecular complexity index is 1330. The molecule has 2 aromatic carbocycles. The SMILES string of the molecule is NS(=O)(=O)c1ccc(CNc2nccn3c(-c4c(F)cc(O)cc4F)cnc23)cc1. The number of imidazole rings is 1. The molecule has 0 spiro atoms. The third-order valence-corrected chi connectivity index (χ3v) is 5.35. The van der Waals surface area contributed by atoms with Gasteiger partial charge in [-0.25, -0.2) is 32.3 Å². The summed E-state index contributed by atoms with van der Waals surface area (Å²) in [5.74, 6) is -2.00. The maximum Gasteiger partial charge on any atom is 0.238 e. The fourth-order valence-electron chi connectivity index (χ4n) is 3.02. The van der Waals surface area contributed by atoms with E-state index in [1.165, 1.54) is 35.1 Å². The molecule has 8 nitrogen and oxygen atoms in total. The molecule has 4 aromatic rings. The first-order valence-electron chi connectivity index (χ1n) is 8.60. The van der Waals surface area contributed by atoms with E-state index in [-0.39, 0.29) is 16.2 Å². The molecule has 0 fully saturated rings. The van der Waals surface area contributed by atoms with E-state index in [1.807, 2.05) is 0 Å². The Kier molecular flexibility index (Phi) is 4.84. The van der Waals surface area contributed by atoms with E-state index < -0.39 is 27.4 Å². The van der Waals surface area contributed by atoms with E-state index in [0.29, 0.717) is 18.0 Å². The molecule has 4 rings (SSSR count). The summed E-state index contributed by atoms with van der Waals surface area (Å²) in [6, 6.07) is 7.64. The van der Waals surface area contributed by atoms with Gasteiger partial charge < -0.3 is 10.4 Å². The lowest BCUT2D eigenvalue weighted by atomic mass is 10.1. The second-order valence-corrected chi connectivity index (χ2v) is 8.00. The zero-order valence-corrected chi connectivity index (χ0v) is 16.1. The highest BCUT2D eigenvalue weighted by Crippen LogP contribution is 2.30. The number of hydrogen-bond acceptors (Lipinski definition) is 6. The molecule has 0 bridgehead atoms. The number of halogens is 2. The van der Waals surface area contributed by atoms with Crippen LogP contribution < -0.4 is 10.5 Å². The first-order valence-corrected chi connectivity index (χ1v) is 10.1. The van der Waals surface area contributed by atoms with E-state index in [4.69, 9.17) is 5.14 Å². The van der Waals surface area contributed by atoms with Crippen LogP contribution in [-0.4, -0.2) is 27.9 Å². The number of nitrogens with one attached hydrogen (secondary N) is 1. The highest BCUT2D eigenvalue weighted by Gasteiger charge is 2.18. The Labute approximate surface area is 169 Å². The van der Waals surface area contributed by atoms with Crippen molar-refractivity contribution >= 4 is 21.5 Å². The molecular weight excluding hydrogens is 416 g/mol. The summed E-state index contributed by atoms with van der Waals surface area (Å²) >= 11 is 0. The van der Waals surface area contributed by atoms with Crippen LogP contribution >= 0.6 is 0 Å². The molecule has 2 aromatic heterocycles. The molecule has 0 saturated heterocycles. The second-order valence-electron chi connectivity index (χ2n) is 6.44. The number of benzene rings is 2. The maximum absolute atomic E-state index is 14.3. The zero-order chi connectivity index (χ0) is 21.5. The van der Waals surface area contributed by atoms with Gasteiger partial charge in [0.25, 0.3) is 0 Å². The molecule has 0 unspecified atom stereocenters.